The molecule has 144 valence electrons. The fraction of sp³-hybridized carbons (Fsp3) is 0.600. The Morgan fingerprint density at radius 2 is 1.92 bits per heavy atom. The van der Waals surface area contributed by atoms with Crippen molar-refractivity contribution in [3.8, 4) is 5.75 Å². The first-order valence-electron chi connectivity index (χ1n) is 9.53. The van der Waals surface area contributed by atoms with Crippen LogP contribution in [0.4, 0.5) is 5.69 Å². The van der Waals surface area contributed by atoms with Gasteiger partial charge in [0.25, 0.3) is 0 Å². The highest BCUT2D eigenvalue weighted by Gasteiger charge is 2.26. The van der Waals surface area contributed by atoms with Crippen LogP contribution in [0.1, 0.15) is 39.5 Å². The van der Waals surface area contributed by atoms with E-state index in [9.17, 15) is 9.59 Å². The summed E-state index contributed by atoms with van der Waals surface area (Å²) in [6.45, 7) is 6.11. The number of nitrogens with zero attached hydrogens (tertiary/aromatic N) is 2. The molecule has 0 aliphatic carbocycles. The molecular weight excluding hydrogens is 330 g/mol. The molecule has 1 aromatic carbocycles. The van der Waals surface area contributed by atoms with E-state index < -0.39 is 0 Å². The van der Waals surface area contributed by atoms with E-state index in [0.717, 1.165) is 37.2 Å². The number of hydrogen-bond acceptors (Lipinski definition) is 4. The van der Waals surface area contributed by atoms with Crippen molar-refractivity contribution in [1.29, 1.82) is 0 Å². The van der Waals surface area contributed by atoms with Crippen LogP contribution < -0.4 is 10.1 Å². The summed E-state index contributed by atoms with van der Waals surface area (Å²) in [5.41, 5.74) is 0.722. The molecule has 0 radical (unpaired) electrons. The molecule has 6 nitrogen and oxygen atoms in total. The third-order valence-electron chi connectivity index (χ3n) is 4.97. The van der Waals surface area contributed by atoms with Crippen molar-refractivity contribution >= 4 is 17.5 Å². The zero-order valence-corrected chi connectivity index (χ0v) is 16.2. The molecule has 0 bridgehead atoms. The number of piperidine rings is 1. The third-order valence-corrected chi connectivity index (χ3v) is 4.97. The fourth-order valence-corrected chi connectivity index (χ4v) is 3.39. The minimum Gasteiger partial charge on any atom is -0.497 e. The lowest BCUT2D eigenvalue weighted by atomic mass is 10.00. The number of nitrogens with one attached hydrogen (secondary N) is 1. The lowest BCUT2D eigenvalue weighted by Crippen LogP contribution is -2.48. The number of ether oxygens (including phenoxy) is 1. The van der Waals surface area contributed by atoms with Gasteiger partial charge in [-0.25, -0.2) is 0 Å². The minimum absolute atomic E-state index is 0.115. The van der Waals surface area contributed by atoms with Gasteiger partial charge in [-0.15, -0.1) is 0 Å². The number of carbonyl (C=O) groups is 2. The van der Waals surface area contributed by atoms with Crippen molar-refractivity contribution in [2.24, 2.45) is 0 Å². The van der Waals surface area contributed by atoms with Gasteiger partial charge in [-0.05, 0) is 56.5 Å². The van der Waals surface area contributed by atoms with Crippen molar-refractivity contribution in [1.82, 2.24) is 9.80 Å². The molecule has 1 aliphatic rings. The predicted octanol–water partition coefficient (Wildman–Crippen LogP) is 2.75. The molecule has 1 aromatic rings. The van der Waals surface area contributed by atoms with Crippen LogP contribution in [-0.4, -0.2) is 60.9 Å². The van der Waals surface area contributed by atoms with E-state index in [1.54, 1.807) is 31.4 Å². The quantitative estimate of drug-likeness (QED) is 0.773. The van der Waals surface area contributed by atoms with E-state index in [1.807, 2.05) is 16.7 Å². The van der Waals surface area contributed by atoms with Gasteiger partial charge in [-0.2, -0.15) is 0 Å². The summed E-state index contributed by atoms with van der Waals surface area (Å²) in [6, 6.07) is 7.56. The molecule has 0 spiro atoms. The van der Waals surface area contributed by atoms with Crippen LogP contribution in [0.25, 0.3) is 0 Å². The second-order valence-electron chi connectivity index (χ2n) is 6.72. The van der Waals surface area contributed by atoms with E-state index in [-0.39, 0.29) is 18.4 Å². The molecule has 1 heterocycles. The summed E-state index contributed by atoms with van der Waals surface area (Å²) in [5, 5.41) is 2.87. The van der Waals surface area contributed by atoms with Gasteiger partial charge >= 0.3 is 0 Å². The molecular formula is C20H31N3O3. The van der Waals surface area contributed by atoms with E-state index in [4.69, 9.17) is 4.74 Å². The molecule has 2 amide bonds. The van der Waals surface area contributed by atoms with Gasteiger partial charge in [0.2, 0.25) is 11.8 Å². The Morgan fingerprint density at radius 1 is 1.19 bits per heavy atom. The minimum atomic E-state index is -0.115. The van der Waals surface area contributed by atoms with Crippen molar-refractivity contribution < 1.29 is 14.3 Å². The molecule has 26 heavy (non-hydrogen) atoms. The summed E-state index contributed by atoms with van der Waals surface area (Å²) in [7, 11) is 1.61. The molecule has 1 fully saturated rings. The van der Waals surface area contributed by atoms with Crippen molar-refractivity contribution in [2.45, 2.75) is 45.6 Å². The zero-order valence-electron chi connectivity index (χ0n) is 16.2. The SMILES string of the molecule is CC[C@@H]1CCCCN1C(=O)CN(CC)CC(=O)Nc1ccc(OC)cc1. The van der Waals surface area contributed by atoms with Gasteiger partial charge in [0.15, 0.2) is 0 Å². The Labute approximate surface area is 156 Å². The van der Waals surface area contributed by atoms with Crippen LogP contribution in [0, 0.1) is 0 Å². The summed E-state index contributed by atoms with van der Waals surface area (Å²) in [6.07, 6.45) is 4.36. The first-order valence-corrected chi connectivity index (χ1v) is 9.53. The van der Waals surface area contributed by atoms with Gasteiger partial charge in [-0.3, -0.25) is 14.5 Å². The number of methoxy groups -OCH3 is 1. The maximum Gasteiger partial charge on any atom is 0.238 e. The van der Waals surface area contributed by atoms with Crippen molar-refractivity contribution in [2.75, 3.05) is 38.6 Å². The fourth-order valence-electron chi connectivity index (χ4n) is 3.39. The van der Waals surface area contributed by atoms with Crippen LogP contribution in [0.2, 0.25) is 0 Å². The molecule has 1 atom stereocenters. The summed E-state index contributed by atoms with van der Waals surface area (Å²) < 4.78 is 5.11. The molecule has 1 saturated heterocycles. The zero-order chi connectivity index (χ0) is 18.9. The summed E-state index contributed by atoms with van der Waals surface area (Å²) in [5.74, 6) is 0.766. The number of benzene rings is 1. The number of anilines is 1. The smallest absolute Gasteiger partial charge is 0.238 e. The molecule has 1 N–H and O–H groups in total. The maximum absolute atomic E-state index is 12.7. The van der Waals surface area contributed by atoms with Gasteiger partial charge in [0.1, 0.15) is 5.75 Å². The number of amides is 2. The number of carbonyl (C=O) groups excluding carboxylic acids is 2. The average molecular weight is 361 g/mol. The average Bonchev–Trinajstić information content (AvgIpc) is 2.67. The first kappa shape index (κ1) is 20.2. The van der Waals surface area contributed by atoms with Gasteiger partial charge < -0.3 is 15.0 Å². The highest BCUT2D eigenvalue weighted by molar-refractivity contribution is 5.92. The van der Waals surface area contributed by atoms with Gasteiger partial charge in [0, 0.05) is 18.3 Å². The number of hydrogen-bond donors (Lipinski definition) is 1. The first-order chi connectivity index (χ1) is 12.6. The Kier molecular flexibility index (Phi) is 7.91. The second kappa shape index (κ2) is 10.2. The van der Waals surface area contributed by atoms with Crippen LogP contribution in [0.3, 0.4) is 0 Å². The van der Waals surface area contributed by atoms with Crippen LogP contribution in [-0.2, 0) is 9.59 Å². The third kappa shape index (κ3) is 5.73. The Morgan fingerprint density at radius 3 is 2.54 bits per heavy atom. The topological polar surface area (TPSA) is 61.9 Å². The molecule has 2 rings (SSSR count). The van der Waals surface area contributed by atoms with Crippen molar-refractivity contribution in [3.05, 3.63) is 24.3 Å². The Hall–Kier alpha value is -2.08. The second-order valence-corrected chi connectivity index (χ2v) is 6.72. The monoisotopic (exact) mass is 361 g/mol. The van der Waals surface area contributed by atoms with Gasteiger partial charge in [-0.1, -0.05) is 13.8 Å². The van der Waals surface area contributed by atoms with Gasteiger partial charge in [0.05, 0.1) is 20.2 Å². The van der Waals surface area contributed by atoms with Crippen LogP contribution >= 0.6 is 0 Å². The van der Waals surface area contributed by atoms with Crippen LogP contribution in [0.5, 0.6) is 5.75 Å². The summed E-state index contributed by atoms with van der Waals surface area (Å²) >= 11 is 0. The molecule has 1 aliphatic heterocycles. The maximum atomic E-state index is 12.7. The molecule has 0 unspecified atom stereocenters. The molecule has 0 aromatic heterocycles. The van der Waals surface area contributed by atoms with Crippen LogP contribution in [0.15, 0.2) is 24.3 Å². The lowest BCUT2D eigenvalue weighted by molar-refractivity contribution is -0.136. The highest BCUT2D eigenvalue weighted by atomic mass is 16.5. The summed E-state index contributed by atoms with van der Waals surface area (Å²) in [4.78, 5) is 28.9. The van der Waals surface area contributed by atoms with Crippen molar-refractivity contribution in [3.63, 3.8) is 0 Å². The molecule has 6 heteroatoms. The predicted molar refractivity (Wildman–Crippen MR) is 103 cm³/mol. The number of rotatable bonds is 8. The highest BCUT2D eigenvalue weighted by Crippen LogP contribution is 2.20. The van der Waals surface area contributed by atoms with E-state index in [0.29, 0.717) is 19.1 Å². The van der Waals surface area contributed by atoms with E-state index in [1.165, 1.54) is 6.42 Å². The van der Waals surface area contributed by atoms with E-state index in [2.05, 4.69) is 12.2 Å². The number of likely N-dealkylation sites (N-methyl/N-ethyl adjacent to an activating group) is 1. The number of likely N-dealkylation sites (tertiary alicyclic amines) is 1. The molecule has 0 saturated carbocycles. The Bertz CT molecular complexity index is 588. The largest absolute Gasteiger partial charge is 0.497 e. The standard InChI is InChI=1S/C20H31N3O3/c1-4-17-8-6-7-13-23(17)20(25)15-22(5-2)14-19(24)21-16-9-11-18(26-3)12-10-16/h9-12,17H,4-8,13-15H2,1-3H3,(H,21,24)/t17-/m1/s1. The lowest BCUT2D eigenvalue weighted by Gasteiger charge is -2.36. The van der Waals surface area contributed by atoms with E-state index >= 15 is 0 Å². The Balaban J connectivity index is 1.86. The normalized spacial score (nSPS) is 17.2.